The highest BCUT2D eigenvalue weighted by Crippen LogP contribution is 2.27. The number of carbonyl (C=O) groups is 1. The molecule has 2 N–H and O–H groups in total. The van der Waals surface area contributed by atoms with Gasteiger partial charge in [0.25, 0.3) is 5.91 Å². The van der Waals surface area contributed by atoms with Crippen molar-refractivity contribution >= 4 is 33.8 Å². The van der Waals surface area contributed by atoms with Crippen molar-refractivity contribution in [1.29, 1.82) is 0 Å². The van der Waals surface area contributed by atoms with Crippen molar-refractivity contribution in [2.24, 2.45) is 5.92 Å². The standard InChI is InChI=1S/C14H21BrN2O3S/c1-5-6-14(19,9(2)3)13(18)17-21-10-7-11(15)16-12(8-10)20-4/h7-9,19H,5-6H2,1-4H3,(H,17,18). The van der Waals surface area contributed by atoms with Crippen molar-refractivity contribution < 1.29 is 14.6 Å². The Balaban J connectivity index is 2.78. The summed E-state index contributed by atoms with van der Waals surface area (Å²) in [6.45, 7) is 5.62. The monoisotopic (exact) mass is 376 g/mol. The second-order valence-corrected chi connectivity index (χ2v) is 6.72. The number of halogens is 1. The van der Waals surface area contributed by atoms with Crippen molar-refractivity contribution in [3.63, 3.8) is 0 Å². The molecule has 1 aromatic rings. The van der Waals surface area contributed by atoms with E-state index in [2.05, 4.69) is 25.6 Å². The molecule has 0 aromatic carbocycles. The molecule has 0 bridgehead atoms. The molecule has 1 atom stereocenters. The van der Waals surface area contributed by atoms with Crippen LogP contribution in [0, 0.1) is 5.92 Å². The second-order valence-electron chi connectivity index (χ2n) is 5.03. The quantitative estimate of drug-likeness (QED) is 0.564. The number of methoxy groups -OCH3 is 1. The Morgan fingerprint density at radius 3 is 2.76 bits per heavy atom. The van der Waals surface area contributed by atoms with Gasteiger partial charge in [0.05, 0.1) is 7.11 Å². The predicted octanol–water partition coefficient (Wildman–Crippen LogP) is 3.16. The highest BCUT2D eigenvalue weighted by atomic mass is 79.9. The number of rotatable bonds is 7. The fourth-order valence-electron chi connectivity index (χ4n) is 1.85. The number of hydrogen-bond donors (Lipinski definition) is 2. The molecule has 1 unspecified atom stereocenters. The fraction of sp³-hybridized carbons (Fsp3) is 0.571. The van der Waals surface area contributed by atoms with Gasteiger partial charge in [0, 0.05) is 11.0 Å². The van der Waals surface area contributed by atoms with E-state index in [4.69, 9.17) is 4.74 Å². The highest BCUT2D eigenvalue weighted by Gasteiger charge is 2.38. The topological polar surface area (TPSA) is 71.5 Å². The summed E-state index contributed by atoms with van der Waals surface area (Å²) >= 11 is 4.41. The lowest BCUT2D eigenvalue weighted by Crippen LogP contribution is -2.48. The van der Waals surface area contributed by atoms with Crippen LogP contribution in [0.1, 0.15) is 33.6 Å². The van der Waals surface area contributed by atoms with Gasteiger partial charge in [-0.1, -0.05) is 27.2 Å². The molecule has 118 valence electrons. The van der Waals surface area contributed by atoms with E-state index in [1.807, 2.05) is 20.8 Å². The van der Waals surface area contributed by atoms with Crippen LogP contribution in [0.3, 0.4) is 0 Å². The number of nitrogens with one attached hydrogen (secondary N) is 1. The van der Waals surface area contributed by atoms with Crippen LogP contribution in [0.5, 0.6) is 5.88 Å². The van der Waals surface area contributed by atoms with E-state index >= 15 is 0 Å². The first-order chi connectivity index (χ1) is 9.83. The SMILES string of the molecule is CCCC(O)(C(=O)NSc1cc(Br)nc(OC)c1)C(C)C. The number of nitrogens with zero attached hydrogens (tertiary/aromatic N) is 1. The average Bonchev–Trinajstić information content (AvgIpc) is 2.43. The molecule has 7 heteroatoms. The summed E-state index contributed by atoms with van der Waals surface area (Å²) in [6, 6.07) is 3.48. The summed E-state index contributed by atoms with van der Waals surface area (Å²) in [5.41, 5.74) is -1.35. The Hall–Kier alpha value is -0.790. The zero-order valence-electron chi connectivity index (χ0n) is 12.6. The van der Waals surface area contributed by atoms with Gasteiger partial charge in [-0.3, -0.25) is 9.52 Å². The maximum absolute atomic E-state index is 12.3. The van der Waals surface area contributed by atoms with E-state index in [9.17, 15) is 9.90 Å². The van der Waals surface area contributed by atoms with Crippen LogP contribution in [0.4, 0.5) is 0 Å². The van der Waals surface area contributed by atoms with E-state index in [-0.39, 0.29) is 11.8 Å². The molecule has 21 heavy (non-hydrogen) atoms. The minimum absolute atomic E-state index is 0.156. The van der Waals surface area contributed by atoms with Crippen LogP contribution >= 0.6 is 27.9 Å². The maximum Gasteiger partial charge on any atom is 0.262 e. The van der Waals surface area contributed by atoms with Gasteiger partial charge in [0.1, 0.15) is 10.2 Å². The molecule has 5 nitrogen and oxygen atoms in total. The highest BCUT2D eigenvalue weighted by molar-refractivity contribution is 9.10. The molecule has 0 aliphatic heterocycles. The first-order valence-corrected chi connectivity index (χ1v) is 8.35. The second kappa shape index (κ2) is 8.00. The number of hydrogen-bond acceptors (Lipinski definition) is 5. The first-order valence-electron chi connectivity index (χ1n) is 6.74. The van der Waals surface area contributed by atoms with Crippen molar-refractivity contribution in [2.75, 3.05) is 7.11 Å². The summed E-state index contributed by atoms with van der Waals surface area (Å²) in [6.07, 6.45) is 1.17. The third-order valence-corrected chi connectivity index (χ3v) is 4.36. The Morgan fingerprint density at radius 1 is 1.57 bits per heavy atom. The average molecular weight is 377 g/mol. The molecule has 0 saturated heterocycles. The van der Waals surface area contributed by atoms with E-state index in [0.29, 0.717) is 16.9 Å². The van der Waals surface area contributed by atoms with Crippen molar-refractivity contribution in [3.8, 4) is 5.88 Å². The van der Waals surface area contributed by atoms with E-state index in [1.165, 1.54) is 7.11 Å². The van der Waals surface area contributed by atoms with Crippen LogP contribution in [0.25, 0.3) is 0 Å². The van der Waals surface area contributed by atoms with Crippen LogP contribution in [-0.2, 0) is 4.79 Å². The smallest absolute Gasteiger partial charge is 0.262 e. The number of ether oxygens (including phenoxy) is 1. The molecule has 0 radical (unpaired) electrons. The summed E-state index contributed by atoms with van der Waals surface area (Å²) < 4.78 is 8.39. The number of aromatic nitrogens is 1. The molecule has 1 aromatic heterocycles. The molecule has 0 saturated carbocycles. The summed E-state index contributed by atoms with van der Waals surface area (Å²) in [7, 11) is 1.53. The van der Waals surface area contributed by atoms with Gasteiger partial charge in [0.15, 0.2) is 0 Å². The number of amides is 1. The van der Waals surface area contributed by atoms with Gasteiger partial charge in [-0.05, 0) is 46.3 Å². The van der Waals surface area contributed by atoms with Gasteiger partial charge in [-0.2, -0.15) is 0 Å². The van der Waals surface area contributed by atoms with Gasteiger partial charge in [-0.25, -0.2) is 4.98 Å². The van der Waals surface area contributed by atoms with Crippen LogP contribution in [-0.4, -0.2) is 28.7 Å². The molecule has 0 spiro atoms. The molecule has 0 aliphatic carbocycles. The predicted molar refractivity (Wildman–Crippen MR) is 87.2 cm³/mol. The molecular weight excluding hydrogens is 356 g/mol. The Kier molecular flexibility index (Phi) is 6.96. The molecule has 1 rings (SSSR count). The lowest BCUT2D eigenvalue weighted by atomic mass is 9.85. The summed E-state index contributed by atoms with van der Waals surface area (Å²) in [4.78, 5) is 17.1. The lowest BCUT2D eigenvalue weighted by molar-refractivity contribution is -0.143. The summed E-state index contributed by atoms with van der Waals surface area (Å²) in [5, 5.41) is 10.5. The Morgan fingerprint density at radius 2 is 2.24 bits per heavy atom. The van der Waals surface area contributed by atoms with E-state index in [1.54, 1.807) is 12.1 Å². The lowest BCUT2D eigenvalue weighted by Gasteiger charge is -2.30. The Labute approximate surface area is 138 Å². The molecule has 0 aliphatic rings. The molecule has 1 heterocycles. The summed E-state index contributed by atoms with van der Waals surface area (Å²) in [5.74, 6) is -0.0817. The minimum Gasteiger partial charge on any atom is -0.481 e. The largest absolute Gasteiger partial charge is 0.481 e. The van der Waals surface area contributed by atoms with E-state index in [0.717, 1.165) is 23.3 Å². The third kappa shape index (κ3) is 4.86. The zero-order chi connectivity index (χ0) is 16.0. The van der Waals surface area contributed by atoms with Gasteiger partial charge >= 0.3 is 0 Å². The van der Waals surface area contributed by atoms with E-state index < -0.39 is 5.60 Å². The van der Waals surface area contributed by atoms with Crippen molar-refractivity contribution in [2.45, 2.75) is 44.1 Å². The van der Waals surface area contributed by atoms with Gasteiger partial charge in [-0.15, -0.1) is 0 Å². The zero-order valence-corrected chi connectivity index (χ0v) is 15.0. The number of pyridine rings is 1. The first kappa shape index (κ1) is 18.3. The Bertz CT molecular complexity index is 499. The molecule has 1 amide bonds. The van der Waals surface area contributed by atoms with Crippen LogP contribution in [0.2, 0.25) is 0 Å². The van der Waals surface area contributed by atoms with Gasteiger partial charge in [0.2, 0.25) is 5.88 Å². The normalized spacial score (nSPS) is 13.9. The molecule has 0 fully saturated rings. The van der Waals surface area contributed by atoms with Crippen LogP contribution < -0.4 is 9.46 Å². The van der Waals surface area contributed by atoms with Crippen LogP contribution in [0.15, 0.2) is 21.6 Å². The third-order valence-electron chi connectivity index (χ3n) is 3.19. The molecular formula is C14H21BrN2O3S. The van der Waals surface area contributed by atoms with Gasteiger partial charge < -0.3 is 9.84 Å². The minimum atomic E-state index is -1.35. The van der Waals surface area contributed by atoms with Crippen molar-refractivity contribution in [1.82, 2.24) is 9.71 Å². The maximum atomic E-state index is 12.3. The van der Waals surface area contributed by atoms with Crippen molar-refractivity contribution in [3.05, 3.63) is 16.7 Å². The number of carbonyl (C=O) groups excluding carboxylic acids is 1. The number of aliphatic hydroxyl groups is 1. The fourth-order valence-corrected chi connectivity index (χ4v) is 3.14.